The summed E-state index contributed by atoms with van der Waals surface area (Å²) in [5.41, 5.74) is 5.76. The van der Waals surface area contributed by atoms with Crippen molar-refractivity contribution in [2.75, 3.05) is 30.7 Å². The Labute approximate surface area is 111 Å². The van der Waals surface area contributed by atoms with E-state index in [2.05, 4.69) is 10.3 Å². The van der Waals surface area contributed by atoms with E-state index in [1.165, 1.54) is 11.3 Å². The van der Waals surface area contributed by atoms with E-state index in [4.69, 9.17) is 10.8 Å². The first kappa shape index (κ1) is 14.7. The van der Waals surface area contributed by atoms with Crippen LogP contribution in [0.3, 0.4) is 0 Å². The number of carbonyl (C=O) groups is 1. The van der Waals surface area contributed by atoms with Crippen LogP contribution in [0.25, 0.3) is 0 Å². The zero-order valence-corrected chi connectivity index (χ0v) is 11.8. The fourth-order valence-corrected chi connectivity index (χ4v) is 2.46. The van der Waals surface area contributed by atoms with Crippen molar-refractivity contribution in [1.82, 2.24) is 9.88 Å². The standard InChI is InChI=1S/C11H20N4O2S/c1-4-15(5-6-16)10(17)8-9(12)14-11(18-8)13-7(2)3/h7,16H,4-6,12H2,1-3H3,(H,13,14). The van der Waals surface area contributed by atoms with Crippen LogP contribution in [0.5, 0.6) is 0 Å². The highest BCUT2D eigenvalue weighted by Gasteiger charge is 2.21. The lowest BCUT2D eigenvalue weighted by Crippen LogP contribution is -2.33. The van der Waals surface area contributed by atoms with Crippen molar-refractivity contribution in [2.24, 2.45) is 0 Å². The quantitative estimate of drug-likeness (QED) is 0.718. The van der Waals surface area contributed by atoms with Crippen LogP contribution in [-0.2, 0) is 0 Å². The van der Waals surface area contributed by atoms with Crippen LogP contribution in [-0.4, -0.2) is 46.6 Å². The van der Waals surface area contributed by atoms with Gasteiger partial charge < -0.3 is 21.1 Å². The summed E-state index contributed by atoms with van der Waals surface area (Å²) in [7, 11) is 0. The van der Waals surface area contributed by atoms with Gasteiger partial charge in [0.05, 0.1) is 6.61 Å². The summed E-state index contributed by atoms with van der Waals surface area (Å²) in [6.07, 6.45) is 0. The number of rotatable bonds is 6. The van der Waals surface area contributed by atoms with Crippen LogP contribution in [0.2, 0.25) is 0 Å². The zero-order valence-electron chi connectivity index (χ0n) is 10.9. The minimum absolute atomic E-state index is 0.0601. The summed E-state index contributed by atoms with van der Waals surface area (Å²) < 4.78 is 0. The molecule has 0 aliphatic heterocycles. The summed E-state index contributed by atoms with van der Waals surface area (Å²) in [5, 5.41) is 12.7. The van der Waals surface area contributed by atoms with E-state index in [0.717, 1.165) is 0 Å². The number of hydrogen-bond acceptors (Lipinski definition) is 6. The van der Waals surface area contributed by atoms with Crippen molar-refractivity contribution < 1.29 is 9.90 Å². The zero-order chi connectivity index (χ0) is 13.7. The molecule has 0 aromatic carbocycles. The molecular formula is C11H20N4O2S. The van der Waals surface area contributed by atoms with Gasteiger partial charge in [-0.05, 0) is 20.8 Å². The molecule has 0 spiro atoms. The van der Waals surface area contributed by atoms with Crippen molar-refractivity contribution in [3.63, 3.8) is 0 Å². The molecule has 1 amide bonds. The van der Waals surface area contributed by atoms with E-state index < -0.39 is 0 Å². The predicted octanol–water partition coefficient (Wildman–Crippen LogP) is 1.000. The van der Waals surface area contributed by atoms with E-state index in [9.17, 15) is 4.79 Å². The Morgan fingerprint density at radius 1 is 1.61 bits per heavy atom. The summed E-state index contributed by atoms with van der Waals surface area (Å²) >= 11 is 1.25. The lowest BCUT2D eigenvalue weighted by molar-refractivity contribution is 0.0737. The summed E-state index contributed by atoms with van der Waals surface area (Å²) in [6.45, 7) is 6.61. The molecule has 4 N–H and O–H groups in total. The molecule has 1 heterocycles. The third kappa shape index (κ3) is 3.58. The number of thiazole rings is 1. The van der Waals surface area contributed by atoms with Crippen LogP contribution in [0.4, 0.5) is 10.9 Å². The molecule has 0 saturated heterocycles. The Hall–Kier alpha value is -1.34. The highest BCUT2D eigenvalue weighted by atomic mass is 32.1. The van der Waals surface area contributed by atoms with Crippen molar-refractivity contribution in [2.45, 2.75) is 26.8 Å². The third-order valence-electron chi connectivity index (χ3n) is 2.30. The molecule has 0 atom stereocenters. The molecule has 0 aliphatic carbocycles. The predicted molar refractivity (Wildman–Crippen MR) is 73.9 cm³/mol. The summed E-state index contributed by atoms with van der Waals surface area (Å²) in [4.78, 5) is 18.3. The Morgan fingerprint density at radius 2 is 2.28 bits per heavy atom. The molecule has 0 saturated carbocycles. The monoisotopic (exact) mass is 272 g/mol. The van der Waals surface area contributed by atoms with Crippen molar-refractivity contribution in [1.29, 1.82) is 0 Å². The number of aliphatic hydroxyl groups excluding tert-OH is 1. The van der Waals surface area contributed by atoms with Crippen LogP contribution >= 0.6 is 11.3 Å². The number of nitrogens with two attached hydrogens (primary N) is 1. The number of hydrogen-bond donors (Lipinski definition) is 3. The summed E-state index contributed by atoms with van der Waals surface area (Å²) in [5.74, 6) is 0.0582. The minimum atomic E-state index is -0.182. The first-order valence-electron chi connectivity index (χ1n) is 5.92. The molecule has 1 aromatic rings. The van der Waals surface area contributed by atoms with Crippen LogP contribution in [0.15, 0.2) is 0 Å². The second kappa shape index (κ2) is 6.55. The molecule has 18 heavy (non-hydrogen) atoms. The van der Waals surface area contributed by atoms with Gasteiger partial charge in [0.2, 0.25) is 0 Å². The average molecular weight is 272 g/mol. The largest absolute Gasteiger partial charge is 0.395 e. The number of aromatic nitrogens is 1. The van der Waals surface area contributed by atoms with Gasteiger partial charge in [0.25, 0.3) is 5.91 Å². The molecule has 102 valence electrons. The highest BCUT2D eigenvalue weighted by molar-refractivity contribution is 7.18. The Morgan fingerprint density at radius 3 is 2.78 bits per heavy atom. The SMILES string of the molecule is CCN(CCO)C(=O)c1sc(NC(C)C)nc1N. The van der Waals surface area contributed by atoms with Gasteiger partial charge in [-0.2, -0.15) is 0 Å². The maximum atomic E-state index is 12.2. The molecule has 0 bridgehead atoms. The van der Waals surface area contributed by atoms with Gasteiger partial charge in [0, 0.05) is 19.1 Å². The van der Waals surface area contributed by atoms with Gasteiger partial charge in [-0.1, -0.05) is 11.3 Å². The Bertz CT molecular complexity index is 406. The Kier molecular flexibility index (Phi) is 5.36. The highest BCUT2D eigenvalue weighted by Crippen LogP contribution is 2.26. The van der Waals surface area contributed by atoms with Crippen LogP contribution in [0.1, 0.15) is 30.4 Å². The summed E-state index contributed by atoms with van der Waals surface area (Å²) in [6, 6.07) is 0.234. The van der Waals surface area contributed by atoms with Gasteiger partial charge in [-0.25, -0.2) is 4.98 Å². The molecule has 0 radical (unpaired) electrons. The van der Waals surface area contributed by atoms with E-state index in [0.29, 0.717) is 23.1 Å². The number of nitrogens with one attached hydrogen (secondary N) is 1. The molecule has 0 unspecified atom stereocenters. The van der Waals surface area contributed by atoms with Gasteiger partial charge in [-0.3, -0.25) is 4.79 Å². The Balaban J connectivity index is 2.88. The lowest BCUT2D eigenvalue weighted by Gasteiger charge is -2.18. The molecule has 1 rings (SSSR count). The number of carbonyl (C=O) groups excluding carboxylic acids is 1. The fraction of sp³-hybridized carbons (Fsp3) is 0.636. The number of aliphatic hydroxyl groups is 1. The molecule has 0 fully saturated rings. The van der Waals surface area contributed by atoms with E-state index in [1.807, 2.05) is 20.8 Å². The molecule has 1 aromatic heterocycles. The van der Waals surface area contributed by atoms with Crippen LogP contribution < -0.4 is 11.1 Å². The normalized spacial score (nSPS) is 10.7. The van der Waals surface area contributed by atoms with Gasteiger partial charge in [-0.15, -0.1) is 0 Å². The first-order chi connectivity index (χ1) is 8.49. The fourth-order valence-electron chi connectivity index (χ4n) is 1.46. The van der Waals surface area contributed by atoms with Gasteiger partial charge in [0.15, 0.2) is 5.13 Å². The molecular weight excluding hydrogens is 252 g/mol. The molecule has 0 aliphatic rings. The van der Waals surface area contributed by atoms with E-state index in [1.54, 1.807) is 4.90 Å². The van der Waals surface area contributed by atoms with Gasteiger partial charge in [0.1, 0.15) is 10.7 Å². The second-order valence-corrected chi connectivity index (χ2v) is 5.14. The second-order valence-electron chi connectivity index (χ2n) is 4.14. The number of likely N-dealkylation sites (N-methyl/N-ethyl adjacent to an activating group) is 1. The van der Waals surface area contributed by atoms with Crippen molar-refractivity contribution in [3.8, 4) is 0 Å². The third-order valence-corrected chi connectivity index (χ3v) is 3.29. The van der Waals surface area contributed by atoms with Crippen LogP contribution in [0, 0.1) is 0 Å². The minimum Gasteiger partial charge on any atom is -0.395 e. The maximum absolute atomic E-state index is 12.2. The molecule has 6 nitrogen and oxygen atoms in total. The lowest BCUT2D eigenvalue weighted by atomic mass is 10.4. The van der Waals surface area contributed by atoms with E-state index in [-0.39, 0.29) is 24.4 Å². The van der Waals surface area contributed by atoms with Gasteiger partial charge >= 0.3 is 0 Å². The smallest absolute Gasteiger partial charge is 0.267 e. The number of anilines is 2. The van der Waals surface area contributed by atoms with Crippen molar-refractivity contribution in [3.05, 3.63) is 4.88 Å². The maximum Gasteiger partial charge on any atom is 0.267 e. The first-order valence-corrected chi connectivity index (χ1v) is 6.74. The number of nitrogen functional groups attached to an aromatic ring is 1. The topological polar surface area (TPSA) is 91.5 Å². The molecule has 7 heteroatoms. The number of nitrogens with zero attached hydrogens (tertiary/aromatic N) is 2. The number of amides is 1. The van der Waals surface area contributed by atoms with E-state index >= 15 is 0 Å². The van der Waals surface area contributed by atoms with Crippen molar-refractivity contribution >= 4 is 28.2 Å². The average Bonchev–Trinajstić information content (AvgIpc) is 2.65.